The van der Waals surface area contributed by atoms with Crippen LogP contribution >= 0.6 is 27.5 Å². The molecule has 6 fully saturated rings. The molecule has 724 valence electrons. The minimum Gasteiger partial charge on any atom is -0.466 e. The van der Waals surface area contributed by atoms with Gasteiger partial charge in [-0.05, 0) is 257 Å². The van der Waals surface area contributed by atoms with E-state index in [9.17, 15) is 53.1 Å². The van der Waals surface area contributed by atoms with Crippen LogP contribution in [0.3, 0.4) is 0 Å². The molecule has 0 aromatic carbocycles. The number of carbonyl (C=O) groups excluding carboxylic acids is 10. The van der Waals surface area contributed by atoms with E-state index in [2.05, 4.69) is 127 Å². The van der Waals surface area contributed by atoms with Gasteiger partial charge in [0.25, 0.3) is 0 Å². The Balaban J connectivity index is 0.000000214. The van der Waals surface area contributed by atoms with Crippen LogP contribution in [-0.2, 0) is 76.3 Å². The number of nitrogens with two attached hydrogens (primary N) is 1. The van der Waals surface area contributed by atoms with Crippen LogP contribution < -0.4 is 35.3 Å². The quantitative estimate of drug-likeness (QED) is 0.00357. The van der Waals surface area contributed by atoms with E-state index in [1.165, 1.54) is 122 Å². The first kappa shape index (κ1) is 111. The number of aromatic nitrogens is 11. The van der Waals surface area contributed by atoms with Crippen LogP contribution in [0.5, 0.6) is 0 Å². The number of aliphatic hydroxyl groups is 1. The number of Topliss-reactive ketones (excluding diaryl/α,β-unsaturated/α-hetero) is 2. The van der Waals surface area contributed by atoms with Gasteiger partial charge in [-0.25, -0.2) is 44.3 Å². The molecule has 0 saturated heterocycles. The van der Waals surface area contributed by atoms with Crippen LogP contribution in [0, 0.1) is 12.3 Å². The summed E-state index contributed by atoms with van der Waals surface area (Å²) in [6.07, 6.45) is 39.9. The normalized spacial score (nSPS) is 14.1. The van der Waals surface area contributed by atoms with Gasteiger partial charge in [0.05, 0.1) is 99.3 Å². The molecule has 0 amide bonds. The number of alkyl halides is 2. The maximum absolute atomic E-state index is 12.0. The first-order valence-corrected chi connectivity index (χ1v) is 46.7. The third-order valence-electron chi connectivity index (χ3n) is 20.6. The van der Waals surface area contributed by atoms with Crippen molar-refractivity contribution in [3.63, 3.8) is 0 Å². The number of anilines is 1. The molecule has 3 N–H and O–H groups in total. The Kier molecular flexibility index (Phi) is 45.7. The van der Waals surface area contributed by atoms with Crippen LogP contribution in [0.2, 0.25) is 0 Å². The zero-order valence-corrected chi connectivity index (χ0v) is 83.6. The maximum atomic E-state index is 12.0. The number of imidazole rings is 5. The van der Waals surface area contributed by atoms with Crippen molar-refractivity contribution in [3.8, 4) is 12.3 Å². The van der Waals surface area contributed by atoms with Crippen molar-refractivity contribution in [3.05, 3.63) is 229 Å². The molecule has 40 heteroatoms. The standard InChI is InChI=1S/C15H17ClN2O2.C15H17N5O2.C15H18N2O3.C15H16N2O3.C13H14N2O2.C8H10N2.C7H10O2.C5H7BrO3.C4H8O2.N3.Na/c1-2-20-15(19)7-12(16)13-9-18-8-11(10-3-4-10)5-6-14(18)17-13;1-2-22-15(21)7-12(18-19-16)13-9-20-8-11(10-3-4-10)5-6-14(20)17-13;2*1-2-20-15(19)7-13(18)12-9-17-8-11(10-3-4-10)5-6-14(17)16-12;1-2-17-13(16)11-8-15-7-10(9-3-4-9)5-6-12(15)14-11;9-8-4-3-7(5-10-8)6-1-2-6;1-5-6(8)9-7(2,3)4;1-2-9-5(8)4(7)3-6;1-3-6-4(2)5;1-3-2;/h5-6,8-10,12H,2-4,7H2,1H3;5-6,8-10,12H,2-4,7H2,1H3;5-6,8-10,13,18H,2-4,7H2,1H3;5-6,8-10H,2-4,7H2,1H3;5-9H,2-4H2,1H3;3-6H,1-2H2,(H2,9,10);1H,2-4H3;2-3H2,1H3;3H2,1-2H3;;/q;;;;;;;;;-1;+1. The summed E-state index contributed by atoms with van der Waals surface area (Å²) in [6, 6.07) is 23.5. The molecule has 137 heavy (non-hydrogen) atoms. The van der Waals surface area contributed by atoms with Gasteiger partial charge in [-0.1, -0.05) is 57.4 Å². The van der Waals surface area contributed by atoms with Gasteiger partial charge in [0.2, 0.25) is 5.78 Å². The predicted octanol–water partition coefficient (Wildman–Crippen LogP) is 15.4. The number of ether oxygens (including phenoxy) is 8. The summed E-state index contributed by atoms with van der Waals surface area (Å²) in [4.78, 5) is 140. The average molecular weight is 1980 g/mol. The number of ketones is 2. The van der Waals surface area contributed by atoms with Crippen molar-refractivity contribution in [2.45, 2.75) is 238 Å². The summed E-state index contributed by atoms with van der Waals surface area (Å²) < 4.78 is 47.4. The van der Waals surface area contributed by atoms with Gasteiger partial charge in [-0.15, -0.1) is 18.0 Å². The van der Waals surface area contributed by atoms with Crippen LogP contribution in [-0.4, -0.2) is 174 Å². The Bertz CT molecular complexity index is 5910. The number of terminal acetylenes is 1. The second-order valence-electron chi connectivity index (χ2n) is 32.8. The van der Waals surface area contributed by atoms with Crippen LogP contribution in [0.15, 0.2) is 146 Å². The van der Waals surface area contributed by atoms with Crippen molar-refractivity contribution in [1.82, 2.24) is 51.9 Å². The van der Waals surface area contributed by atoms with Gasteiger partial charge in [-0.2, -0.15) is 0 Å². The van der Waals surface area contributed by atoms with E-state index in [1.54, 1.807) is 87.8 Å². The van der Waals surface area contributed by atoms with Crippen molar-refractivity contribution in [1.29, 1.82) is 0 Å². The van der Waals surface area contributed by atoms with E-state index in [0.29, 0.717) is 96.9 Å². The van der Waals surface area contributed by atoms with Crippen LogP contribution in [0.4, 0.5) is 5.82 Å². The Morgan fingerprint density at radius 2 is 0.839 bits per heavy atom. The number of hydrogen-bond donors (Lipinski definition) is 2. The fourth-order valence-corrected chi connectivity index (χ4v) is 13.6. The Morgan fingerprint density at radius 1 is 0.489 bits per heavy atom. The molecular formula is C97H117BrClN18NaO19. The smallest absolute Gasteiger partial charge is 0.466 e. The van der Waals surface area contributed by atoms with E-state index >= 15 is 0 Å². The van der Waals surface area contributed by atoms with Crippen molar-refractivity contribution in [2.75, 3.05) is 57.3 Å². The third-order valence-corrected chi connectivity index (χ3v) is 21.5. The van der Waals surface area contributed by atoms with E-state index in [-0.39, 0.29) is 97.5 Å². The number of esters is 8. The molecule has 0 spiro atoms. The molecule has 0 aliphatic heterocycles. The number of nitrogen functional groups attached to an aromatic ring is 1. The Morgan fingerprint density at radius 3 is 1.20 bits per heavy atom. The van der Waals surface area contributed by atoms with Crippen molar-refractivity contribution >= 4 is 121 Å². The fourth-order valence-electron chi connectivity index (χ4n) is 13.2. The third kappa shape index (κ3) is 38.5. The molecule has 11 heterocycles. The van der Waals surface area contributed by atoms with E-state index in [1.807, 2.05) is 89.1 Å². The Hall–Kier alpha value is -12.6. The number of nitrogens with zero attached hydrogens (tertiary/aromatic N) is 17. The molecule has 11 aromatic heterocycles. The maximum Gasteiger partial charge on any atom is 1.00 e. The van der Waals surface area contributed by atoms with Gasteiger partial charge in [0, 0.05) is 85.9 Å². The van der Waals surface area contributed by atoms with E-state index in [0.717, 1.165) is 34.2 Å². The topological polar surface area (TPSA) is 498 Å². The van der Waals surface area contributed by atoms with E-state index in [4.69, 9.17) is 68.8 Å². The number of fused-ring (bicyclic) bond motifs is 5. The molecule has 6 saturated carbocycles. The average Bonchev–Trinajstić information content (AvgIpc) is 1.68. The summed E-state index contributed by atoms with van der Waals surface area (Å²) in [5.41, 5.74) is 41.5. The molecular weight excluding hydrogens is 1860 g/mol. The molecule has 17 rings (SSSR count). The summed E-state index contributed by atoms with van der Waals surface area (Å²) >= 11 is 9.08. The number of rotatable bonds is 29. The molecule has 0 bridgehead atoms. The Labute approximate surface area is 829 Å². The summed E-state index contributed by atoms with van der Waals surface area (Å²) in [7, 11) is 0. The van der Waals surface area contributed by atoms with Crippen LogP contribution in [0.1, 0.15) is 303 Å². The summed E-state index contributed by atoms with van der Waals surface area (Å²) in [6.45, 7) is 21.3. The summed E-state index contributed by atoms with van der Waals surface area (Å²) in [5.74, 6) is 2.26. The zero-order valence-electron chi connectivity index (χ0n) is 79.3. The number of hydrogen-bond acceptors (Lipinski definition) is 27. The van der Waals surface area contributed by atoms with Gasteiger partial charge in [-0.3, -0.25) is 38.5 Å². The van der Waals surface area contributed by atoms with E-state index < -0.39 is 58.8 Å². The zero-order chi connectivity index (χ0) is 99.1. The molecule has 6 aliphatic rings. The minimum absolute atomic E-state index is 0. The minimum atomic E-state index is -0.918. The van der Waals surface area contributed by atoms with Crippen LogP contribution in [0.25, 0.3) is 54.7 Å². The SMILES string of the molecule is C#CC(=O)OC(C)(C)C.CCOC(=O)C(=O)CBr.CCOC(=O)CC(=O)c1cn2cc(C3CC3)ccc2n1.CCOC(=O)CC(Cl)c1cn2cc(C3CC3)ccc2n1.CCOC(=O)CC(N=[N+]=[N-])c1cn2cc(C3CC3)ccc2n1.CCOC(=O)CC(O)c1cn2cc(C3CC3)ccc2n1.CCOC(=O)c1cn2cc(C3CC3)ccc2n1.CCOC(C)=O.Nc1ccc(C2CC2)cn1.[N-]=[N+]=[N-].[Na+]. The number of pyridine rings is 6. The van der Waals surface area contributed by atoms with Gasteiger partial charge in [0.1, 0.15) is 57.9 Å². The molecule has 3 unspecified atom stereocenters. The van der Waals surface area contributed by atoms with Crippen molar-refractivity contribution < 1.29 is 121 Å². The fraction of sp³-hybridized carbons (Fsp3) is 0.464. The number of aliphatic hydroxyl groups excluding tert-OH is 1. The molecule has 11 aromatic rings. The number of halogens is 2. The first-order chi connectivity index (χ1) is 65.2. The van der Waals surface area contributed by atoms with Gasteiger partial charge >= 0.3 is 77.3 Å². The monoisotopic (exact) mass is 1970 g/mol. The van der Waals surface area contributed by atoms with Gasteiger partial charge in [0.15, 0.2) is 11.5 Å². The number of carbonyl (C=O) groups is 10. The molecule has 3 atom stereocenters. The number of azide groups is 1. The first-order valence-electron chi connectivity index (χ1n) is 45.1. The largest absolute Gasteiger partial charge is 1.00 e. The molecule has 37 nitrogen and oxygen atoms in total. The second kappa shape index (κ2) is 56.2. The molecule has 0 radical (unpaired) electrons. The van der Waals surface area contributed by atoms with Gasteiger partial charge < -0.3 is 81.8 Å². The second-order valence-corrected chi connectivity index (χ2v) is 33.9. The molecule has 6 aliphatic carbocycles. The van der Waals surface area contributed by atoms with Crippen molar-refractivity contribution in [2.24, 2.45) is 5.11 Å². The predicted molar refractivity (Wildman–Crippen MR) is 510 cm³/mol. The summed E-state index contributed by atoms with van der Waals surface area (Å²) in [5, 5.41) is 13.3.